The Labute approximate surface area is 96.5 Å². The van der Waals surface area contributed by atoms with Gasteiger partial charge in [0, 0.05) is 11.6 Å². The normalized spacial score (nSPS) is 18.3. The van der Waals surface area contributed by atoms with Crippen molar-refractivity contribution in [3.05, 3.63) is 24.0 Å². The highest BCUT2D eigenvalue weighted by Crippen LogP contribution is 2.42. The second-order valence-electron chi connectivity index (χ2n) is 4.39. The Morgan fingerprint density at radius 3 is 2.87 bits per heavy atom. The van der Waals surface area contributed by atoms with Crippen LogP contribution in [0.15, 0.2) is 18.3 Å². The molecule has 0 bridgehead atoms. The Balaban J connectivity index is 1.95. The molecule has 1 aliphatic carbocycles. The van der Waals surface area contributed by atoms with Crippen LogP contribution in [0.25, 0.3) is 0 Å². The zero-order valence-electron chi connectivity index (χ0n) is 9.07. The summed E-state index contributed by atoms with van der Waals surface area (Å²) in [6.45, 7) is 2.76. The van der Waals surface area contributed by atoms with E-state index in [1.54, 1.807) is 6.20 Å². The summed E-state index contributed by atoms with van der Waals surface area (Å²) in [5.74, 6) is 1.83. The van der Waals surface area contributed by atoms with Gasteiger partial charge in [-0.25, -0.2) is 0 Å². The van der Waals surface area contributed by atoms with Crippen LogP contribution >= 0.6 is 12.6 Å². The average molecular weight is 223 g/mol. The lowest BCUT2D eigenvalue weighted by atomic mass is 9.71. The molecule has 1 aromatic rings. The van der Waals surface area contributed by atoms with Crippen molar-refractivity contribution in [3.8, 4) is 5.75 Å². The molecule has 0 aromatic carbocycles. The van der Waals surface area contributed by atoms with Gasteiger partial charge in [0.25, 0.3) is 0 Å². The minimum Gasteiger partial charge on any atom is -0.491 e. The number of thiol groups is 1. The lowest BCUT2D eigenvalue weighted by Gasteiger charge is -2.40. The van der Waals surface area contributed by atoms with Crippen LogP contribution in [0, 0.1) is 12.3 Å². The van der Waals surface area contributed by atoms with E-state index in [0.29, 0.717) is 5.41 Å². The third-order valence-corrected chi connectivity index (χ3v) is 3.91. The van der Waals surface area contributed by atoms with Crippen molar-refractivity contribution in [2.45, 2.75) is 26.2 Å². The Morgan fingerprint density at radius 1 is 1.53 bits per heavy atom. The minimum absolute atomic E-state index is 0.325. The van der Waals surface area contributed by atoms with E-state index in [4.69, 9.17) is 4.74 Å². The fourth-order valence-corrected chi connectivity index (χ4v) is 2.29. The monoisotopic (exact) mass is 223 g/mol. The number of pyridine rings is 1. The van der Waals surface area contributed by atoms with Gasteiger partial charge in [-0.1, -0.05) is 6.42 Å². The fourth-order valence-electron chi connectivity index (χ4n) is 1.88. The topological polar surface area (TPSA) is 22.1 Å². The molecule has 0 unspecified atom stereocenters. The van der Waals surface area contributed by atoms with Gasteiger partial charge in [0.15, 0.2) is 0 Å². The number of ether oxygens (including phenoxy) is 1. The van der Waals surface area contributed by atoms with Crippen LogP contribution in [0.1, 0.15) is 25.0 Å². The Hall–Kier alpha value is -0.700. The van der Waals surface area contributed by atoms with Gasteiger partial charge >= 0.3 is 0 Å². The number of aromatic nitrogens is 1. The van der Waals surface area contributed by atoms with Gasteiger partial charge in [-0.05, 0) is 37.7 Å². The molecule has 1 saturated carbocycles. The van der Waals surface area contributed by atoms with Gasteiger partial charge in [0.1, 0.15) is 5.75 Å². The van der Waals surface area contributed by atoms with Crippen molar-refractivity contribution < 1.29 is 4.74 Å². The summed E-state index contributed by atoms with van der Waals surface area (Å²) in [6, 6.07) is 3.89. The molecule has 0 aliphatic heterocycles. The van der Waals surface area contributed by atoms with Crippen molar-refractivity contribution in [2.75, 3.05) is 12.4 Å². The van der Waals surface area contributed by atoms with E-state index < -0.39 is 0 Å². The van der Waals surface area contributed by atoms with Crippen LogP contribution in [-0.4, -0.2) is 17.3 Å². The van der Waals surface area contributed by atoms with E-state index in [1.165, 1.54) is 19.3 Å². The summed E-state index contributed by atoms with van der Waals surface area (Å²) in [7, 11) is 0. The highest BCUT2D eigenvalue weighted by molar-refractivity contribution is 7.80. The summed E-state index contributed by atoms with van der Waals surface area (Å²) in [6.07, 6.45) is 5.60. The molecular weight excluding hydrogens is 206 g/mol. The van der Waals surface area contributed by atoms with Crippen LogP contribution in [0.4, 0.5) is 0 Å². The van der Waals surface area contributed by atoms with Gasteiger partial charge in [0.05, 0.1) is 12.3 Å². The van der Waals surface area contributed by atoms with E-state index >= 15 is 0 Å². The van der Waals surface area contributed by atoms with Gasteiger partial charge in [-0.3, -0.25) is 4.98 Å². The first-order chi connectivity index (χ1) is 7.26. The van der Waals surface area contributed by atoms with Crippen LogP contribution in [0.2, 0.25) is 0 Å². The molecule has 3 heteroatoms. The molecule has 0 atom stereocenters. The molecule has 2 nitrogen and oxygen atoms in total. The summed E-state index contributed by atoms with van der Waals surface area (Å²) in [4.78, 5) is 4.21. The first kappa shape index (κ1) is 10.8. The molecule has 15 heavy (non-hydrogen) atoms. The summed E-state index contributed by atoms with van der Waals surface area (Å²) in [5, 5.41) is 0. The summed E-state index contributed by atoms with van der Waals surface area (Å²) < 4.78 is 5.82. The van der Waals surface area contributed by atoms with Crippen LogP contribution in [-0.2, 0) is 0 Å². The van der Waals surface area contributed by atoms with E-state index in [9.17, 15) is 0 Å². The number of hydrogen-bond donors (Lipinski definition) is 1. The maximum absolute atomic E-state index is 5.82. The van der Waals surface area contributed by atoms with Crippen molar-refractivity contribution in [3.63, 3.8) is 0 Å². The SMILES string of the molecule is Cc1ncccc1OCC1(CS)CCC1. The first-order valence-electron chi connectivity index (χ1n) is 5.41. The maximum Gasteiger partial charge on any atom is 0.140 e. The van der Waals surface area contributed by atoms with Gasteiger partial charge in [-0.15, -0.1) is 0 Å². The summed E-state index contributed by atoms with van der Waals surface area (Å²) in [5.41, 5.74) is 1.29. The predicted molar refractivity (Wildman–Crippen MR) is 64.6 cm³/mol. The van der Waals surface area contributed by atoms with E-state index in [2.05, 4.69) is 17.6 Å². The second kappa shape index (κ2) is 4.44. The highest BCUT2D eigenvalue weighted by Gasteiger charge is 2.36. The number of aryl methyl sites for hydroxylation is 1. The lowest BCUT2D eigenvalue weighted by molar-refractivity contribution is 0.0823. The first-order valence-corrected chi connectivity index (χ1v) is 6.04. The van der Waals surface area contributed by atoms with Crippen molar-refractivity contribution in [2.24, 2.45) is 5.41 Å². The standard InChI is InChI=1S/C12H17NOS/c1-10-11(4-2-7-13-10)14-8-12(9-15)5-3-6-12/h2,4,7,15H,3,5-6,8-9H2,1H3. The molecule has 0 amide bonds. The number of hydrogen-bond acceptors (Lipinski definition) is 3. The van der Waals surface area contributed by atoms with E-state index in [1.807, 2.05) is 19.1 Å². The molecule has 0 spiro atoms. The molecule has 82 valence electrons. The Bertz CT molecular complexity index is 331. The van der Waals surface area contributed by atoms with Crippen molar-refractivity contribution in [1.29, 1.82) is 0 Å². The van der Waals surface area contributed by atoms with Crippen LogP contribution < -0.4 is 4.74 Å². The maximum atomic E-state index is 5.82. The fraction of sp³-hybridized carbons (Fsp3) is 0.583. The molecule has 2 rings (SSSR count). The molecule has 1 heterocycles. The quantitative estimate of drug-likeness (QED) is 0.793. The minimum atomic E-state index is 0.325. The zero-order valence-corrected chi connectivity index (χ0v) is 9.96. The van der Waals surface area contributed by atoms with Gasteiger partial charge in [0.2, 0.25) is 0 Å². The Kier molecular flexibility index (Phi) is 3.19. The van der Waals surface area contributed by atoms with E-state index in [-0.39, 0.29) is 0 Å². The van der Waals surface area contributed by atoms with E-state index in [0.717, 1.165) is 23.8 Å². The highest BCUT2D eigenvalue weighted by atomic mass is 32.1. The van der Waals surface area contributed by atoms with Crippen molar-refractivity contribution >= 4 is 12.6 Å². The molecule has 1 fully saturated rings. The van der Waals surface area contributed by atoms with Crippen LogP contribution in [0.3, 0.4) is 0 Å². The third kappa shape index (κ3) is 2.28. The largest absolute Gasteiger partial charge is 0.491 e. The lowest BCUT2D eigenvalue weighted by Crippen LogP contribution is -2.37. The average Bonchev–Trinajstić information content (AvgIpc) is 2.19. The smallest absolute Gasteiger partial charge is 0.140 e. The second-order valence-corrected chi connectivity index (χ2v) is 4.70. The predicted octanol–water partition coefficient (Wildman–Crippen LogP) is 2.87. The molecule has 0 N–H and O–H groups in total. The van der Waals surface area contributed by atoms with Gasteiger partial charge in [-0.2, -0.15) is 12.6 Å². The third-order valence-electron chi connectivity index (χ3n) is 3.24. The number of nitrogens with zero attached hydrogens (tertiary/aromatic N) is 1. The molecule has 0 radical (unpaired) electrons. The molecule has 1 aromatic heterocycles. The number of rotatable bonds is 4. The van der Waals surface area contributed by atoms with Crippen molar-refractivity contribution in [1.82, 2.24) is 4.98 Å². The zero-order chi connectivity index (χ0) is 10.7. The molecule has 0 saturated heterocycles. The van der Waals surface area contributed by atoms with Crippen LogP contribution in [0.5, 0.6) is 5.75 Å². The molecular formula is C12H17NOS. The molecule has 1 aliphatic rings. The summed E-state index contributed by atoms with van der Waals surface area (Å²) >= 11 is 4.41. The Morgan fingerprint density at radius 2 is 2.33 bits per heavy atom. The van der Waals surface area contributed by atoms with Gasteiger partial charge < -0.3 is 4.74 Å².